The first-order valence-corrected chi connectivity index (χ1v) is 11.6. The lowest BCUT2D eigenvalue weighted by molar-refractivity contribution is -0.160. The van der Waals surface area contributed by atoms with Gasteiger partial charge in [0.05, 0.1) is 12.7 Å². The molecule has 0 aliphatic heterocycles. The van der Waals surface area contributed by atoms with Crippen LogP contribution in [0.1, 0.15) is 109 Å². The van der Waals surface area contributed by atoms with Crippen molar-refractivity contribution in [2.75, 3.05) is 6.61 Å². The van der Waals surface area contributed by atoms with Crippen molar-refractivity contribution in [3.63, 3.8) is 0 Å². The van der Waals surface area contributed by atoms with Gasteiger partial charge in [0.15, 0.2) is 6.29 Å². The van der Waals surface area contributed by atoms with E-state index in [1.807, 2.05) is 0 Å². The molecular formula is C25H44O3. The minimum atomic E-state index is -1.11. The van der Waals surface area contributed by atoms with Crippen LogP contribution in [0.2, 0.25) is 0 Å². The molecule has 3 nitrogen and oxygen atoms in total. The monoisotopic (exact) mass is 392 g/mol. The number of hydrogen-bond acceptors (Lipinski definition) is 3. The lowest BCUT2D eigenvalue weighted by Crippen LogP contribution is -2.20. The van der Waals surface area contributed by atoms with E-state index in [4.69, 9.17) is 9.84 Å². The summed E-state index contributed by atoms with van der Waals surface area (Å²) in [7, 11) is 0. The molecule has 0 amide bonds. The predicted molar refractivity (Wildman–Crippen MR) is 118 cm³/mol. The summed E-state index contributed by atoms with van der Waals surface area (Å²) in [6.45, 7) is 6.45. The molecule has 0 saturated heterocycles. The normalized spacial score (nSPS) is 13.8. The molecule has 0 aliphatic carbocycles. The molecule has 0 saturated carbocycles. The fourth-order valence-electron chi connectivity index (χ4n) is 3.61. The number of benzene rings is 1. The summed E-state index contributed by atoms with van der Waals surface area (Å²) in [6.07, 6.45) is 13.4. The van der Waals surface area contributed by atoms with E-state index in [1.165, 1.54) is 63.4 Å². The summed E-state index contributed by atoms with van der Waals surface area (Å²) >= 11 is 0. The van der Waals surface area contributed by atoms with Gasteiger partial charge in [0.1, 0.15) is 0 Å². The van der Waals surface area contributed by atoms with Crippen LogP contribution in [-0.4, -0.2) is 23.1 Å². The van der Waals surface area contributed by atoms with Gasteiger partial charge in [0.2, 0.25) is 0 Å². The van der Waals surface area contributed by atoms with E-state index >= 15 is 0 Å². The van der Waals surface area contributed by atoms with Crippen LogP contribution in [-0.2, 0) is 11.2 Å². The lowest BCUT2D eigenvalue weighted by Gasteiger charge is -2.21. The molecule has 0 heterocycles. The Labute approximate surface area is 173 Å². The molecule has 0 radical (unpaired) electrons. The first-order valence-electron chi connectivity index (χ1n) is 11.6. The molecule has 2 atom stereocenters. The van der Waals surface area contributed by atoms with Gasteiger partial charge in [-0.1, -0.05) is 103 Å². The Morgan fingerprint density at radius 2 is 1.43 bits per heavy atom. The standard InChI is InChI=1S/C25H44O3/c1-4-5-6-7-8-12-15-24(28-25(27)20-26)23-18-16-22(17-19-23)14-11-9-10-13-21(2)3/h16-19,21,24-27H,4-15,20H2,1-3H3. The second kappa shape index (κ2) is 16.0. The van der Waals surface area contributed by atoms with Gasteiger partial charge in [0.25, 0.3) is 0 Å². The number of hydrogen-bond donors (Lipinski definition) is 2. The van der Waals surface area contributed by atoms with Gasteiger partial charge in [-0.05, 0) is 36.3 Å². The van der Waals surface area contributed by atoms with Crippen LogP contribution in [0.4, 0.5) is 0 Å². The molecule has 0 aliphatic rings. The van der Waals surface area contributed by atoms with Crippen molar-refractivity contribution in [1.29, 1.82) is 0 Å². The molecular weight excluding hydrogens is 348 g/mol. The molecule has 2 N–H and O–H groups in total. The maximum atomic E-state index is 9.75. The van der Waals surface area contributed by atoms with E-state index in [2.05, 4.69) is 45.0 Å². The summed E-state index contributed by atoms with van der Waals surface area (Å²) in [6, 6.07) is 8.66. The highest BCUT2D eigenvalue weighted by atomic mass is 16.6. The lowest BCUT2D eigenvalue weighted by atomic mass is 9.98. The number of unbranched alkanes of at least 4 members (excludes halogenated alkanes) is 7. The average molecular weight is 393 g/mol. The van der Waals surface area contributed by atoms with Crippen molar-refractivity contribution >= 4 is 0 Å². The molecule has 0 spiro atoms. The van der Waals surface area contributed by atoms with Crippen LogP contribution < -0.4 is 0 Å². The molecule has 1 aromatic rings. The largest absolute Gasteiger partial charge is 0.391 e. The van der Waals surface area contributed by atoms with Crippen LogP contribution in [0.3, 0.4) is 0 Å². The zero-order chi connectivity index (χ0) is 20.6. The third kappa shape index (κ3) is 11.8. The summed E-state index contributed by atoms with van der Waals surface area (Å²) in [5, 5.41) is 18.9. The van der Waals surface area contributed by atoms with Crippen molar-refractivity contribution in [3.05, 3.63) is 35.4 Å². The van der Waals surface area contributed by atoms with Gasteiger partial charge >= 0.3 is 0 Å². The fraction of sp³-hybridized carbons (Fsp3) is 0.760. The van der Waals surface area contributed by atoms with E-state index in [0.29, 0.717) is 0 Å². The maximum Gasteiger partial charge on any atom is 0.178 e. The molecule has 2 unspecified atom stereocenters. The van der Waals surface area contributed by atoms with Crippen molar-refractivity contribution in [1.82, 2.24) is 0 Å². The zero-order valence-corrected chi connectivity index (χ0v) is 18.5. The first kappa shape index (κ1) is 25.1. The average Bonchev–Trinajstić information content (AvgIpc) is 2.69. The van der Waals surface area contributed by atoms with Crippen molar-refractivity contribution < 1.29 is 14.9 Å². The van der Waals surface area contributed by atoms with Crippen LogP contribution in [0.5, 0.6) is 0 Å². The Morgan fingerprint density at radius 3 is 2.07 bits per heavy atom. The second-order valence-electron chi connectivity index (χ2n) is 8.55. The van der Waals surface area contributed by atoms with Crippen molar-refractivity contribution in [2.45, 2.75) is 110 Å². The van der Waals surface area contributed by atoms with Gasteiger partial charge < -0.3 is 14.9 Å². The molecule has 0 aromatic heterocycles. The van der Waals surface area contributed by atoms with E-state index in [0.717, 1.165) is 30.7 Å². The van der Waals surface area contributed by atoms with Gasteiger partial charge in [-0.3, -0.25) is 0 Å². The van der Waals surface area contributed by atoms with Crippen molar-refractivity contribution in [2.24, 2.45) is 5.92 Å². The number of ether oxygens (including phenoxy) is 1. The van der Waals surface area contributed by atoms with Gasteiger partial charge in [0, 0.05) is 0 Å². The number of aliphatic hydroxyl groups is 2. The molecule has 3 heteroatoms. The Bertz CT molecular complexity index is 469. The van der Waals surface area contributed by atoms with E-state index < -0.39 is 6.29 Å². The Kier molecular flexibility index (Phi) is 14.3. The van der Waals surface area contributed by atoms with Gasteiger partial charge in [-0.25, -0.2) is 0 Å². The fourth-order valence-corrected chi connectivity index (χ4v) is 3.61. The topological polar surface area (TPSA) is 49.7 Å². The highest BCUT2D eigenvalue weighted by molar-refractivity contribution is 5.24. The highest BCUT2D eigenvalue weighted by Gasteiger charge is 2.16. The van der Waals surface area contributed by atoms with Crippen LogP contribution in [0.25, 0.3) is 0 Å². The van der Waals surface area contributed by atoms with Crippen LogP contribution >= 0.6 is 0 Å². The summed E-state index contributed by atoms with van der Waals surface area (Å²) < 4.78 is 5.69. The molecule has 28 heavy (non-hydrogen) atoms. The zero-order valence-electron chi connectivity index (χ0n) is 18.5. The summed E-state index contributed by atoms with van der Waals surface area (Å²) in [5.74, 6) is 0.803. The van der Waals surface area contributed by atoms with Crippen LogP contribution in [0, 0.1) is 5.92 Å². The first-order chi connectivity index (χ1) is 13.6. The number of aliphatic hydroxyl groups excluding tert-OH is 2. The van der Waals surface area contributed by atoms with Gasteiger partial charge in [-0.2, -0.15) is 0 Å². The number of rotatable bonds is 17. The minimum Gasteiger partial charge on any atom is -0.391 e. The Balaban J connectivity index is 2.46. The molecule has 162 valence electrons. The minimum absolute atomic E-state index is 0.145. The smallest absolute Gasteiger partial charge is 0.178 e. The summed E-state index contributed by atoms with van der Waals surface area (Å²) in [4.78, 5) is 0. The van der Waals surface area contributed by atoms with E-state index in [9.17, 15) is 5.11 Å². The molecule has 0 bridgehead atoms. The Hall–Kier alpha value is -0.900. The second-order valence-corrected chi connectivity index (χ2v) is 8.55. The highest BCUT2D eigenvalue weighted by Crippen LogP contribution is 2.26. The third-order valence-electron chi connectivity index (χ3n) is 5.40. The van der Waals surface area contributed by atoms with E-state index in [1.54, 1.807) is 0 Å². The number of aryl methyl sites for hydroxylation is 1. The van der Waals surface area contributed by atoms with Gasteiger partial charge in [-0.15, -0.1) is 0 Å². The third-order valence-corrected chi connectivity index (χ3v) is 5.40. The molecule has 1 aromatic carbocycles. The van der Waals surface area contributed by atoms with E-state index in [-0.39, 0.29) is 12.7 Å². The maximum absolute atomic E-state index is 9.75. The predicted octanol–water partition coefficient (Wildman–Crippen LogP) is 6.56. The molecule has 0 fully saturated rings. The van der Waals surface area contributed by atoms with Crippen molar-refractivity contribution in [3.8, 4) is 0 Å². The summed E-state index contributed by atoms with van der Waals surface area (Å²) in [5.41, 5.74) is 2.47. The molecule has 1 rings (SSSR count). The SMILES string of the molecule is CCCCCCCCC(OC(O)CO)c1ccc(CCCCCC(C)C)cc1. The van der Waals surface area contributed by atoms with Crippen LogP contribution in [0.15, 0.2) is 24.3 Å². The quantitative estimate of drug-likeness (QED) is 0.233. The Morgan fingerprint density at radius 1 is 0.821 bits per heavy atom.